The van der Waals surface area contributed by atoms with Gasteiger partial charge in [-0.2, -0.15) is 0 Å². The maximum atomic E-state index is 6.96. The Bertz CT molecular complexity index is 582. The van der Waals surface area contributed by atoms with Crippen LogP contribution >= 0.6 is 22.6 Å². The molecule has 0 amide bonds. The van der Waals surface area contributed by atoms with Crippen LogP contribution in [-0.4, -0.2) is 4.98 Å². The van der Waals surface area contributed by atoms with Gasteiger partial charge in [-0.25, -0.2) is 4.85 Å². The molecule has 0 saturated heterocycles. The monoisotopic (exact) mass is 308 g/mol. The van der Waals surface area contributed by atoms with Crippen molar-refractivity contribution in [2.75, 3.05) is 0 Å². The van der Waals surface area contributed by atoms with E-state index in [1.807, 2.05) is 25.1 Å². The Labute approximate surface area is 102 Å². The SMILES string of the molecule is [C-]#[N+]c1ccc2c(I)c(C)c(C)nc2c1. The van der Waals surface area contributed by atoms with Crippen molar-refractivity contribution in [1.82, 2.24) is 4.98 Å². The first-order valence-corrected chi connectivity index (χ1v) is 5.65. The van der Waals surface area contributed by atoms with E-state index in [1.54, 1.807) is 0 Å². The highest BCUT2D eigenvalue weighted by molar-refractivity contribution is 14.1. The molecule has 0 atom stereocenters. The Kier molecular flexibility index (Phi) is 2.61. The van der Waals surface area contributed by atoms with Crippen LogP contribution in [0, 0.1) is 24.0 Å². The van der Waals surface area contributed by atoms with E-state index >= 15 is 0 Å². The van der Waals surface area contributed by atoms with Crippen LogP contribution in [0.15, 0.2) is 18.2 Å². The molecule has 2 rings (SSSR count). The molecule has 0 saturated carbocycles. The third-order valence-corrected chi connectivity index (χ3v) is 3.90. The molecule has 0 spiro atoms. The predicted molar refractivity (Wildman–Crippen MR) is 70.2 cm³/mol. The number of benzene rings is 1. The molecule has 0 aliphatic heterocycles. The highest BCUT2D eigenvalue weighted by atomic mass is 127. The van der Waals surface area contributed by atoms with Gasteiger partial charge in [0.2, 0.25) is 0 Å². The molecule has 0 bridgehead atoms. The standard InChI is InChI=1S/C12H9IN2/c1-7-8(2)15-11-6-9(14-3)4-5-10(11)12(7)13/h4-6H,1-2H3. The fraction of sp³-hybridized carbons (Fsp3) is 0.167. The van der Waals surface area contributed by atoms with Crippen LogP contribution in [0.2, 0.25) is 0 Å². The Morgan fingerprint density at radius 1 is 1.33 bits per heavy atom. The Hall–Kier alpha value is -1.15. The van der Waals surface area contributed by atoms with E-state index < -0.39 is 0 Å². The van der Waals surface area contributed by atoms with Gasteiger partial charge in [-0.05, 0) is 48.1 Å². The minimum absolute atomic E-state index is 0.647. The van der Waals surface area contributed by atoms with Crippen molar-refractivity contribution >= 4 is 39.2 Å². The lowest BCUT2D eigenvalue weighted by molar-refractivity contribution is 1.18. The van der Waals surface area contributed by atoms with Gasteiger partial charge in [-0.1, -0.05) is 12.1 Å². The average molecular weight is 308 g/mol. The van der Waals surface area contributed by atoms with E-state index in [1.165, 1.54) is 9.13 Å². The molecule has 1 heterocycles. The second-order valence-electron chi connectivity index (χ2n) is 3.45. The van der Waals surface area contributed by atoms with Gasteiger partial charge in [0.25, 0.3) is 0 Å². The molecule has 0 N–H and O–H groups in total. The van der Waals surface area contributed by atoms with Gasteiger partial charge < -0.3 is 0 Å². The largest absolute Gasteiger partial charge is 0.254 e. The molecule has 74 valence electrons. The van der Waals surface area contributed by atoms with Crippen molar-refractivity contribution in [3.8, 4) is 0 Å². The summed E-state index contributed by atoms with van der Waals surface area (Å²) < 4.78 is 1.23. The summed E-state index contributed by atoms with van der Waals surface area (Å²) >= 11 is 2.33. The number of pyridine rings is 1. The van der Waals surface area contributed by atoms with E-state index in [2.05, 4.69) is 39.3 Å². The smallest absolute Gasteiger partial charge is 0.189 e. The minimum atomic E-state index is 0.647. The van der Waals surface area contributed by atoms with Crippen LogP contribution in [0.1, 0.15) is 11.3 Å². The normalized spacial score (nSPS) is 10.3. The van der Waals surface area contributed by atoms with Gasteiger partial charge in [0.1, 0.15) is 0 Å². The fourth-order valence-corrected chi connectivity index (χ4v) is 2.34. The van der Waals surface area contributed by atoms with Crippen LogP contribution in [-0.2, 0) is 0 Å². The van der Waals surface area contributed by atoms with Gasteiger partial charge >= 0.3 is 0 Å². The highest BCUT2D eigenvalue weighted by Gasteiger charge is 2.06. The number of aryl methyl sites for hydroxylation is 1. The first kappa shape index (κ1) is 10.4. The summed E-state index contributed by atoms with van der Waals surface area (Å²) in [6.07, 6.45) is 0. The molecule has 0 fully saturated rings. The molecular formula is C12H9IN2. The Morgan fingerprint density at radius 3 is 2.73 bits per heavy atom. The summed E-state index contributed by atoms with van der Waals surface area (Å²) in [5, 5.41) is 1.13. The average Bonchev–Trinajstić information content (AvgIpc) is 2.25. The van der Waals surface area contributed by atoms with Crippen molar-refractivity contribution in [2.45, 2.75) is 13.8 Å². The van der Waals surface area contributed by atoms with E-state index in [4.69, 9.17) is 6.57 Å². The lowest BCUT2D eigenvalue weighted by Gasteiger charge is -2.07. The zero-order valence-corrected chi connectivity index (χ0v) is 10.7. The summed E-state index contributed by atoms with van der Waals surface area (Å²) in [5.41, 5.74) is 3.82. The third kappa shape index (κ3) is 1.70. The summed E-state index contributed by atoms with van der Waals surface area (Å²) in [7, 11) is 0. The van der Waals surface area contributed by atoms with Crippen LogP contribution in [0.25, 0.3) is 15.7 Å². The molecule has 0 aliphatic carbocycles. The summed E-state index contributed by atoms with van der Waals surface area (Å²) in [6, 6.07) is 5.66. The van der Waals surface area contributed by atoms with Crippen LogP contribution in [0.4, 0.5) is 5.69 Å². The molecule has 1 aromatic heterocycles. The molecule has 0 unspecified atom stereocenters. The third-order valence-electron chi connectivity index (χ3n) is 2.51. The molecule has 2 aromatic rings. The zero-order valence-electron chi connectivity index (χ0n) is 8.50. The second-order valence-corrected chi connectivity index (χ2v) is 4.53. The molecule has 0 radical (unpaired) electrons. The number of rotatable bonds is 0. The van der Waals surface area contributed by atoms with E-state index in [9.17, 15) is 0 Å². The van der Waals surface area contributed by atoms with Crippen molar-refractivity contribution in [3.63, 3.8) is 0 Å². The molecule has 0 aliphatic rings. The van der Waals surface area contributed by atoms with Crippen LogP contribution in [0.3, 0.4) is 0 Å². The van der Waals surface area contributed by atoms with E-state index in [0.717, 1.165) is 16.6 Å². The van der Waals surface area contributed by atoms with Gasteiger partial charge in [0.05, 0.1) is 12.1 Å². The van der Waals surface area contributed by atoms with Crippen molar-refractivity contribution in [2.24, 2.45) is 0 Å². The number of hydrogen-bond donors (Lipinski definition) is 0. The number of fused-ring (bicyclic) bond motifs is 1. The molecular weight excluding hydrogens is 299 g/mol. The van der Waals surface area contributed by atoms with Crippen LogP contribution < -0.4 is 0 Å². The molecule has 3 heteroatoms. The first-order valence-electron chi connectivity index (χ1n) is 4.57. The Balaban J connectivity index is 2.87. The van der Waals surface area contributed by atoms with Crippen molar-refractivity contribution < 1.29 is 0 Å². The van der Waals surface area contributed by atoms with Crippen molar-refractivity contribution in [3.05, 3.63) is 44.4 Å². The lowest BCUT2D eigenvalue weighted by Crippen LogP contribution is -1.92. The summed E-state index contributed by atoms with van der Waals surface area (Å²) in [6.45, 7) is 11.0. The van der Waals surface area contributed by atoms with Gasteiger partial charge in [0.15, 0.2) is 5.69 Å². The lowest BCUT2D eigenvalue weighted by atomic mass is 10.1. The summed E-state index contributed by atoms with van der Waals surface area (Å²) in [5.74, 6) is 0. The predicted octanol–water partition coefficient (Wildman–Crippen LogP) is 4.01. The number of nitrogens with zero attached hydrogens (tertiary/aromatic N) is 2. The second kappa shape index (κ2) is 3.78. The molecule has 15 heavy (non-hydrogen) atoms. The van der Waals surface area contributed by atoms with Gasteiger partial charge in [0, 0.05) is 14.7 Å². The van der Waals surface area contributed by atoms with Gasteiger partial charge in [-0.3, -0.25) is 4.98 Å². The van der Waals surface area contributed by atoms with Crippen molar-refractivity contribution in [1.29, 1.82) is 0 Å². The van der Waals surface area contributed by atoms with E-state index in [0.29, 0.717) is 5.69 Å². The zero-order chi connectivity index (χ0) is 11.0. The number of aromatic nitrogens is 1. The van der Waals surface area contributed by atoms with E-state index in [-0.39, 0.29) is 0 Å². The molecule has 1 aromatic carbocycles. The number of hydrogen-bond acceptors (Lipinski definition) is 1. The minimum Gasteiger partial charge on any atom is -0.254 e. The first-order chi connectivity index (χ1) is 7.13. The molecule has 2 nitrogen and oxygen atoms in total. The maximum absolute atomic E-state index is 6.96. The fourth-order valence-electron chi connectivity index (χ4n) is 1.49. The number of halogens is 1. The maximum Gasteiger partial charge on any atom is 0.189 e. The highest BCUT2D eigenvalue weighted by Crippen LogP contribution is 2.27. The van der Waals surface area contributed by atoms with Gasteiger partial charge in [-0.15, -0.1) is 0 Å². The van der Waals surface area contributed by atoms with Crippen LogP contribution in [0.5, 0.6) is 0 Å². The Morgan fingerprint density at radius 2 is 2.07 bits per heavy atom. The summed E-state index contributed by atoms with van der Waals surface area (Å²) in [4.78, 5) is 7.91. The quantitative estimate of drug-likeness (QED) is 0.531. The topological polar surface area (TPSA) is 17.2 Å².